The maximum Gasteiger partial charge on any atom is 0.336 e. The SMILES string of the molecule is C[C@@H](Cl)c1cc(=O)oc2cc(O)ccc12. The Hall–Kier alpha value is -1.48. The van der Waals surface area contributed by atoms with E-state index in [2.05, 4.69) is 0 Å². The summed E-state index contributed by atoms with van der Waals surface area (Å²) in [6, 6.07) is 5.99. The van der Waals surface area contributed by atoms with Crippen LogP contribution in [0.3, 0.4) is 0 Å². The van der Waals surface area contributed by atoms with Gasteiger partial charge in [0, 0.05) is 17.5 Å². The molecule has 0 spiro atoms. The minimum Gasteiger partial charge on any atom is -0.508 e. The first-order chi connectivity index (χ1) is 7.08. The Morgan fingerprint density at radius 1 is 1.40 bits per heavy atom. The molecular formula is C11H9ClO3. The quantitative estimate of drug-likeness (QED) is 0.599. The summed E-state index contributed by atoms with van der Waals surface area (Å²) in [5.41, 5.74) is 0.600. The van der Waals surface area contributed by atoms with Crippen LogP contribution in [0, 0.1) is 0 Å². The second-order valence-electron chi connectivity index (χ2n) is 3.32. The molecule has 0 bridgehead atoms. The number of hydrogen-bond acceptors (Lipinski definition) is 3. The Morgan fingerprint density at radius 3 is 2.80 bits per heavy atom. The van der Waals surface area contributed by atoms with Gasteiger partial charge in [0.15, 0.2) is 0 Å². The van der Waals surface area contributed by atoms with Gasteiger partial charge in [0.1, 0.15) is 11.3 Å². The molecule has 3 nitrogen and oxygen atoms in total. The predicted molar refractivity (Wildman–Crippen MR) is 58.4 cm³/mol. The zero-order valence-electron chi connectivity index (χ0n) is 8.03. The van der Waals surface area contributed by atoms with Crippen LogP contribution >= 0.6 is 11.6 Å². The fourth-order valence-electron chi connectivity index (χ4n) is 1.51. The van der Waals surface area contributed by atoms with Gasteiger partial charge in [-0.15, -0.1) is 11.6 Å². The Balaban J connectivity index is 2.86. The summed E-state index contributed by atoms with van der Waals surface area (Å²) in [5.74, 6) is 0.0602. The first-order valence-corrected chi connectivity index (χ1v) is 4.92. The zero-order valence-corrected chi connectivity index (χ0v) is 8.78. The van der Waals surface area contributed by atoms with E-state index in [1.165, 1.54) is 18.2 Å². The van der Waals surface area contributed by atoms with Crippen LogP contribution in [0.15, 0.2) is 33.5 Å². The lowest BCUT2D eigenvalue weighted by atomic mass is 10.1. The molecule has 1 N–H and O–H groups in total. The third-order valence-corrected chi connectivity index (χ3v) is 2.42. The second kappa shape index (κ2) is 3.59. The number of aromatic hydroxyl groups is 1. The van der Waals surface area contributed by atoms with E-state index in [4.69, 9.17) is 16.0 Å². The molecule has 0 aliphatic carbocycles. The number of fused-ring (bicyclic) bond motifs is 1. The summed E-state index contributed by atoms with van der Waals surface area (Å²) in [7, 11) is 0. The summed E-state index contributed by atoms with van der Waals surface area (Å²) in [6.07, 6.45) is 0. The molecule has 15 heavy (non-hydrogen) atoms. The second-order valence-corrected chi connectivity index (χ2v) is 3.97. The Morgan fingerprint density at radius 2 is 2.13 bits per heavy atom. The third kappa shape index (κ3) is 1.83. The Kier molecular flexibility index (Phi) is 2.40. The number of halogens is 1. The fraction of sp³-hybridized carbons (Fsp3) is 0.182. The monoisotopic (exact) mass is 224 g/mol. The third-order valence-electron chi connectivity index (χ3n) is 2.19. The molecular weight excluding hydrogens is 216 g/mol. The molecule has 2 rings (SSSR count). The molecule has 0 aliphatic heterocycles. The molecule has 0 radical (unpaired) electrons. The molecule has 0 saturated carbocycles. The molecule has 1 atom stereocenters. The summed E-state index contributed by atoms with van der Waals surface area (Å²) >= 11 is 5.95. The first-order valence-electron chi connectivity index (χ1n) is 4.49. The zero-order chi connectivity index (χ0) is 11.0. The Labute approximate surface area is 90.9 Å². The van der Waals surface area contributed by atoms with Crippen LogP contribution in [0.4, 0.5) is 0 Å². The normalized spacial score (nSPS) is 12.9. The molecule has 4 heteroatoms. The van der Waals surface area contributed by atoms with Gasteiger partial charge in [0.2, 0.25) is 0 Å². The van der Waals surface area contributed by atoms with E-state index in [1.807, 2.05) is 0 Å². The summed E-state index contributed by atoms with van der Waals surface area (Å²) in [6.45, 7) is 1.78. The van der Waals surface area contributed by atoms with Gasteiger partial charge in [-0.3, -0.25) is 0 Å². The van der Waals surface area contributed by atoms with Crippen LogP contribution in [-0.4, -0.2) is 5.11 Å². The topological polar surface area (TPSA) is 50.4 Å². The van der Waals surface area contributed by atoms with Crippen molar-refractivity contribution < 1.29 is 9.52 Å². The number of phenolic OH excluding ortho intramolecular Hbond substituents is 1. The van der Waals surface area contributed by atoms with E-state index in [9.17, 15) is 9.90 Å². The highest BCUT2D eigenvalue weighted by Gasteiger charge is 2.10. The molecule has 1 heterocycles. The van der Waals surface area contributed by atoms with Gasteiger partial charge in [-0.2, -0.15) is 0 Å². The van der Waals surface area contributed by atoms with E-state index in [0.717, 1.165) is 5.39 Å². The lowest BCUT2D eigenvalue weighted by Gasteiger charge is -2.06. The summed E-state index contributed by atoms with van der Waals surface area (Å²) in [5, 5.41) is 9.72. The van der Waals surface area contributed by atoms with Crippen molar-refractivity contribution in [2.45, 2.75) is 12.3 Å². The highest BCUT2D eigenvalue weighted by atomic mass is 35.5. The van der Waals surface area contributed by atoms with E-state index in [1.54, 1.807) is 13.0 Å². The standard InChI is InChI=1S/C11H9ClO3/c1-6(12)9-5-11(14)15-10-4-7(13)2-3-8(9)10/h2-6,13H,1H3/t6-/m1/s1. The van der Waals surface area contributed by atoms with Gasteiger partial charge >= 0.3 is 5.63 Å². The molecule has 78 valence electrons. The lowest BCUT2D eigenvalue weighted by molar-refractivity contribution is 0.473. The summed E-state index contributed by atoms with van der Waals surface area (Å²) in [4.78, 5) is 11.2. The average Bonchev–Trinajstić information content (AvgIpc) is 2.15. The van der Waals surface area contributed by atoms with E-state index in [0.29, 0.717) is 11.1 Å². The molecule has 0 amide bonds. The number of rotatable bonds is 1. The number of hydrogen-bond donors (Lipinski definition) is 1. The molecule has 2 aromatic rings. The van der Waals surface area contributed by atoms with Crippen molar-refractivity contribution in [2.75, 3.05) is 0 Å². The van der Waals surface area contributed by atoms with Gasteiger partial charge in [0.05, 0.1) is 5.38 Å². The van der Waals surface area contributed by atoms with E-state index < -0.39 is 5.63 Å². The predicted octanol–water partition coefficient (Wildman–Crippen LogP) is 2.80. The highest BCUT2D eigenvalue weighted by molar-refractivity contribution is 6.21. The van der Waals surface area contributed by atoms with Crippen LogP contribution < -0.4 is 5.63 Å². The first kappa shape index (κ1) is 10.1. The van der Waals surface area contributed by atoms with Gasteiger partial charge in [0.25, 0.3) is 0 Å². The highest BCUT2D eigenvalue weighted by Crippen LogP contribution is 2.28. The van der Waals surface area contributed by atoms with Crippen LogP contribution in [0.2, 0.25) is 0 Å². The van der Waals surface area contributed by atoms with Gasteiger partial charge in [-0.1, -0.05) is 0 Å². The average molecular weight is 225 g/mol. The van der Waals surface area contributed by atoms with Crippen LogP contribution in [0.1, 0.15) is 17.9 Å². The van der Waals surface area contributed by atoms with Crippen molar-refractivity contribution in [2.24, 2.45) is 0 Å². The fourth-order valence-corrected chi connectivity index (χ4v) is 1.69. The number of alkyl halides is 1. The van der Waals surface area contributed by atoms with Crippen molar-refractivity contribution in [1.29, 1.82) is 0 Å². The molecule has 1 aromatic carbocycles. The van der Waals surface area contributed by atoms with Gasteiger partial charge in [-0.05, 0) is 24.6 Å². The van der Waals surface area contributed by atoms with E-state index in [-0.39, 0.29) is 11.1 Å². The molecule has 0 fully saturated rings. The van der Waals surface area contributed by atoms with Crippen molar-refractivity contribution in [3.8, 4) is 5.75 Å². The molecule has 0 aliphatic rings. The largest absolute Gasteiger partial charge is 0.508 e. The lowest BCUT2D eigenvalue weighted by Crippen LogP contribution is -2.00. The van der Waals surface area contributed by atoms with Crippen molar-refractivity contribution in [3.63, 3.8) is 0 Å². The molecule has 1 aromatic heterocycles. The van der Waals surface area contributed by atoms with Crippen molar-refractivity contribution in [3.05, 3.63) is 40.2 Å². The smallest absolute Gasteiger partial charge is 0.336 e. The minimum absolute atomic E-state index is 0.0602. The van der Waals surface area contributed by atoms with Crippen LogP contribution in [0.5, 0.6) is 5.75 Å². The van der Waals surface area contributed by atoms with Crippen LogP contribution in [0.25, 0.3) is 11.0 Å². The molecule has 0 unspecified atom stereocenters. The maximum atomic E-state index is 11.2. The molecule has 0 saturated heterocycles. The van der Waals surface area contributed by atoms with Crippen molar-refractivity contribution in [1.82, 2.24) is 0 Å². The summed E-state index contributed by atoms with van der Waals surface area (Å²) < 4.78 is 4.96. The maximum absolute atomic E-state index is 11.2. The van der Waals surface area contributed by atoms with E-state index >= 15 is 0 Å². The minimum atomic E-state index is -0.462. The van der Waals surface area contributed by atoms with Gasteiger partial charge < -0.3 is 9.52 Å². The Bertz CT molecular complexity index is 557. The number of benzene rings is 1. The van der Waals surface area contributed by atoms with Crippen LogP contribution in [-0.2, 0) is 0 Å². The number of phenols is 1. The van der Waals surface area contributed by atoms with Gasteiger partial charge in [-0.25, -0.2) is 4.79 Å². The van der Waals surface area contributed by atoms with Crippen molar-refractivity contribution >= 4 is 22.6 Å².